The summed E-state index contributed by atoms with van der Waals surface area (Å²) in [5, 5.41) is 0. The van der Waals surface area contributed by atoms with Gasteiger partial charge in [0, 0.05) is 18.8 Å². The molecule has 1 nitrogen and oxygen atoms in total. The monoisotopic (exact) mass is 143 g/mol. The standard InChI is InChI=1S/C7H13NS/c1-8-4-2-7(6-9)3-5-8/h2,9H,3-6H2,1H3. The Morgan fingerprint density at radius 2 is 2.56 bits per heavy atom. The van der Waals surface area contributed by atoms with E-state index in [-0.39, 0.29) is 0 Å². The molecule has 1 heterocycles. The van der Waals surface area contributed by atoms with Crippen LogP contribution in [0.3, 0.4) is 0 Å². The van der Waals surface area contributed by atoms with Crippen molar-refractivity contribution in [3.05, 3.63) is 11.6 Å². The first kappa shape index (κ1) is 7.16. The fourth-order valence-electron chi connectivity index (χ4n) is 0.956. The Morgan fingerprint density at radius 1 is 1.78 bits per heavy atom. The molecule has 0 saturated heterocycles. The Morgan fingerprint density at radius 3 is 3.00 bits per heavy atom. The third kappa shape index (κ3) is 2.03. The molecule has 0 N–H and O–H groups in total. The second-order valence-corrected chi connectivity index (χ2v) is 2.85. The lowest BCUT2D eigenvalue weighted by atomic mass is 10.1. The van der Waals surface area contributed by atoms with Gasteiger partial charge in [0.05, 0.1) is 0 Å². The van der Waals surface area contributed by atoms with Gasteiger partial charge >= 0.3 is 0 Å². The molecule has 0 fully saturated rings. The average Bonchev–Trinajstić information content (AvgIpc) is 1.90. The van der Waals surface area contributed by atoms with Crippen molar-refractivity contribution in [2.75, 3.05) is 25.9 Å². The van der Waals surface area contributed by atoms with E-state index in [9.17, 15) is 0 Å². The molecule has 0 aromatic carbocycles. The third-order valence-corrected chi connectivity index (χ3v) is 2.12. The lowest BCUT2D eigenvalue weighted by molar-refractivity contribution is 0.360. The summed E-state index contributed by atoms with van der Waals surface area (Å²) in [4.78, 5) is 2.31. The van der Waals surface area contributed by atoms with Crippen LogP contribution in [-0.4, -0.2) is 30.8 Å². The highest BCUT2D eigenvalue weighted by Crippen LogP contribution is 2.09. The molecule has 0 spiro atoms. The number of hydrogen-bond donors (Lipinski definition) is 1. The van der Waals surface area contributed by atoms with E-state index in [2.05, 4.69) is 30.7 Å². The van der Waals surface area contributed by atoms with Gasteiger partial charge in [0.2, 0.25) is 0 Å². The number of thiol groups is 1. The lowest BCUT2D eigenvalue weighted by Gasteiger charge is -2.20. The zero-order valence-electron chi connectivity index (χ0n) is 5.80. The molecule has 0 unspecified atom stereocenters. The summed E-state index contributed by atoms with van der Waals surface area (Å²) in [6, 6.07) is 0. The Hall–Kier alpha value is 0.0500. The molecule has 1 aliphatic heterocycles. The highest BCUT2D eigenvalue weighted by atomic mass is 32.1. The van der Waals surface area contributed by atoms with Gasteiger partial charge < -0.3 is 4.90 Å². The summed E-state index contributed by atoms with van der Waals surface area (Å²) < 4.78 is 0. The predicted octanol–water partition coefficient (Wildman–Crippen LogP) is 1.18. The minimum atomic E-state index is 0.938. The van der Waals surface area contributed by atoms with Crippen molar-refractivity contribution in [1.29, 1.82) is 0 Å². The number of nitrogens with zero attached hydrogens (tertiary/aromatic N) is 1. The first-order chi connectivity index (χ1) is 4.33. The van der Waals surface area contributed by atoms with Crippen LogP contribution in [0.15, 0.2) is 11.6 Å². The molecule has 0 aliphatic carbocycles. The van der Waals surface area contributed by atoms with Gasteiger partial charge in [0.1, 0.15) is 0 Å². The van der Waals surface area contributed by atoms with Crippen LogP contribution < -0.4 is 0 Å². The summed E-state index contributed by atoms with van der Waals surface area (Å²) in [7, 11) is 2.14. The molecular weight excluding hydrogens is 130 g/mol. The van der Waals surface area contributed by atoms with Crippen molar-refractivity contribution in [2.24, 2.45) is 0 Å². The van der Waals surface area contributed by atoms with E-state index in [4.69, 9.17) is 0 Å². The molecule has 0 aromatic rings. The predicted molar refractivity (Wildman–Crippen MR) is 44.1 cm³/mol. The van der Waals surface area contributed by atoms with Gasteiger partial charge in [-0.25, -0.2) is 0 Å². The van der Waals surface area contributed by atoms with E-state index in [1.54, 1.807) is 0 Å². The van der Waals surface area contributed by atoms with Gasteiger partial charge in [-0.15, -0.1) is 0 Å². The highest BCUT2D eigenvalue weighted by molar-refractivity contribution is 7.80. The molecular formula is C7H13NS. The minimum absolute atomic E-state index is 0.938. The van der Waals surface area contributed by atoms with Gasteiger partial charge in [0.15, 0.2) is 0 Å². The Bertz CT molecular complexity index is 120. The molecule has 2 heteroatoms. The van der Waals surface area contributed by atoms with Gasteiger partial charge in [-0.1, -0.05) is 11.6 Å². The number of rotatable bonds is 1. The molecule has 0 saturated carbocycles. The largest absolute Gasteiger partial charge is 0.302 e. The van der Waals surface area contributed by atoms with Crippen molar-refractivity contribution in [3.8, 4) is 0 Å². The molecule has 1 rings (SSSR count). The maximum absolute atomic E-state index is 4.21. The highest BCUT2D eigenvalue weighted by Gasteiger charge is 2.04. The average molecular weight is 143 g/mol. The second kappa shape index (κ2) is 3.28. The Kier molecular flexibility index (Phi) is 2.61. The molecule has 0 radical (unpaired) electrons. The van der Waals surface area contributed by atoms with E-state index in [0.29, 0.717) is 0 Å². The molecule has 0 amide bonds. The van der Waals surface area contributed by atoms with Crippen LogP contribution in [0.5, 0.6) is 0 Å². The lowest BCUT2D eigenvalue weighted by Crippen LogP contribution is -2.24. The maximum atomic E-state index is 4.21. The zero-order chi connectivity index (χ0) is 6.69. The second-order valence-electron chi connectivity index (χ2n) is 2.53. The minimum Gasteiger partial charge on any atom is -0.302 e. The summed E-state index contributed by atoms with van der Waals surface area (Å²) in [6.45, 7) is 2.31. The van der Waals surface area contributed by atoms with E-state index in [1.807, 2.05) is 0 Å². The van der Waals surface area contributed by atoms with Crippen molar-refractivity contribution in [2.45, 2.75) is 6.42 Å². The van der Waals surface area contributed by atoms with Crippen molar-refractivity contribution < 1.29 is 0 Å². The van der Waals surface area contributed by atoms with E-state index in [0.717, 1.165) is 12.3 Å². The van der Waals surface area contributed by atoms with Gasteiger partial charge in [0.25, 0.3) is 0 Å². The molecule has 0 aromatic heterocycles. The topological polar surface area (TPSA) is 3.24 Å². The molecule has 1 aliphatic rings. The van der Waals surface area contributed by atoms with Crippen molar-refractivity contribution in [3.63, 3.8) is 0 Å². The van der Waals surface area contributed by atoms with E-state index < -0.39 is 0 Å². The Labute approximate surface area is 62.1 Å². The smallest absolute Gasteiger partial charge is 0.0163 e. The third-order valence-electron chi connectivity index (χ3n) is 1.71. The fourth-order valence-corrected chi connectivity index (χ4v) is 1.24. The maximum Gasteiger partial charge on any atom is 0.0163 e. The van der Waals surface area contributed by atoms with Gasteiger partial charge in [-0.05, 0) is 13.5 Å². The van der Waals surface area contributed by atoms with Gasteiger partial charge in [-0.2, -0.15) is 12.6 Å². The summed E-state index contributed by atoms with van der Waals surface area (Å²) >= 11 is 4.21. The quantitative estimate of drug-likeness (QED) is 0.426. The molecule has 0 bridgehead atoms. The first-order valence-electron chi connectivity index (χ1n) is 3.30. The first-order valence-corrected chi connectivity index (χ1v) is 3.93. The summed E-state index contributed by atoms with van der Waals surface area (Å²) in [6.07, 6.45) is 3.48. The normalized spacial score (nSPS) is 21.8. The van der Waals surface area contributed by atoms with E-state index in [1.165, 1.54) is 18.5 Å². The molecule has 52 valence electrons. The van der Waals surface area contributed by atoms with E-state index >= 15 is 0 Å². The van der Waals surface area contributed by atoms with Crippen LogP contribution in [0.2, 0.25) is 0 Å². The number of likely N-dealkylation sites (N-methyl/N-ethyl adjacent to an activating group) is 1. The van der Waals surface area contributed by atoms with Crippen LogP contribution in [0.25, 0.3) is 0 Å². The summed E-state index contributed by atoms with van der Waals surface area (Å²) in [5.74, 6) is 0.938. The van der Waals surface area contributed by atoms with Crippen LogP contribution >= 0.6 is 12.6 Å². The Balaban J connectivity index is 2.40. The van der Waals surface area contributed by atoms with Crippen LogP contribution in [0.1, 0.15) is 6.42 Å². The molecule has 0 atom stereocenters. The van der Waals surface area contributed by atoms with Gasteiger partial charge in [-0.3, -0.25) is 0 Å². The number of hydrogen-bond acceptors (Lipinski definition) is 2. The summed E-state index contributed by atoms with van der Waals surface area (Å²) in [5.41, 5.74) is 1.50. The fraction of sp³-hybridized carbons (Fsp3) is 0.714. The SMILES string of the molecule is CN1CC=C(CS)CC1. The van der Waals surface area contributed by atoms with Crippen LogP contribution in [0, 0.1) is 0 Å². The zero-order valence-corrected chi connectivity index (χ0v) is 6.69. The van der Waals surface area contributed by atoms with Crippen LogP contribution in [-0.2, 0) is 0 Å². The molecule has 9 heavy (non-hydrogen) atoms. The van der Waals surface area contributed by atoms with Crippen molar-refractivity contribution >= 4 is 12.6 Å². The van der Waals surface area contributed by atoms with Crippen LogP contribution in [0.4, 0.5) is 0 Å². The van der Waals surface area contributed by atoms with Crippen molar-refractivity contribution in [1.82, 2.24) is 4.90 Å².